The molecule has 1 fully saturated rings. The van der Waals surface area contributed by atoms with E-state index in [2.05, 4.69) is 17.1 Å². The first kappa shape index (κ1) is 14.5. The second-order valence-electron chi connectivity index (χ2n) is 4.93. The molecule has 0 saturated carbocycles. The van der Waals surface area contributed by atoms with Crippen LogP contribution in [0.2, 0.25) is 0 Å². The number of nitrogens with zero attached hydrogens (tertiary/aromatic N) is 1. The summed E-state index contributed by atoms with van der Waals surface area (Å²) < 4.78 is 0. The van der Waals surface area contributed by atoms with Crippen molar-refractivity contribution >= 4 is 5.91 Å². The van der Waals surface area contributed by atoms with Gasteiger partial charge < -0.3 is 16.0 Å². The molecule has 0 atom stereocenters. The van der Waals surface area contributed by atoms with Crippen LogP contribution in [0.1, 0.15) is 45.4 Å². The molecule has 0 bridgehead atoms. The fourth-order valence-electron chi connectivity index (χ4n) is 2.32. The second-order valence-corrected chi connectivity index (χ2v) is 4.93. The Morgan fingerprint density at radius 3 is 2.65 bits per heavy atom. The highest BCUT2D eigenvalue weighted by atomic mass is 16.1. The van der Waals surface area contributed by atoms with Crippen LogP contribution in [0.15, 0.2) is 0 Å². The summed E-state index contributed by atoms with van der Waals surface area (Å²) in [5, 5.41) is 3.14. The lowest BCUT2D eigenvalue weighted by Gasteiger charge is -2.32. The predicted molar refractivity (Wildman–Crippen MR) is 70.8 cm³/mol. The van der Waals surface area contributed by atoms with Crippen molar-refractivity contribution in [2.24, 2.45) is 5.73 Å². The molecule has 0 spiro atoms. The molecule has 1 rings (SSSR count). The molecule has 0 aromatic carbocycles. The molecular formula is C13H27N3O. The smallest absolute Gasteiger partial charge is 0.220 e. The monoisotopic (exact) mass is 241 g/mol. The highest BCUT2D eigenvalue weighted by molar-refractivity contribution is 5.76. The van der Waals surface area contributed by atoms with Crippen molar-refractivity contribution in [1.82, 2.24) is 10.2 Å². The van der Waals surface area contributed by atoms with Gasteiger partial charge >= 0.3 is 0 Å². The number of carbonyl (C=O) groups excluding carboxylic acids is 1. The number of amides is 1. The summed E-state index contributed by atoms with van der Waals surface area (Å²) in [6.07, 6.45) is 6.18. The van der Waals surface area contributed by atoms with Gasteiger partial charge in [-0.3, -0.25) is 4.79 Å². The molecule has 0 unspecified atom stereocenters. The molecule has 0 aliphatic carbocycles. The standard InChI is InChI=1S/C13H27N3O/c1-2-3-4-5-13(17)15-12-6-9-16(10-7-12)11-8-14/h12H,2-11,14H2,1H3,(H,15,17). The van der Waals surface area contributed by atoms with Gasteiger partial charge in [0.25, 0.3) is 0 Å². The summed E-state index contributed by atoms with van der Waals surface area (Å²) >= 11 is 0. The van der Waals surface area contributed by atoms with Gasteiger partial charge in [-0.2, -0.15) is 0 Å². The zero-order valence-corrected chi connectivity index (χ0v) is 11.1. The molecular weight excluding hydrogens is 214 g/mol. The third-order valence-electron chi connectivity index (χ3n) is 3.41. The van der Waals surface area contributed by atoms with E-state index in [0.29, 0.717) is 12.5 Å². The summed E-state index contributed by atoms with van der Waals surface area (Å²) in [5.74, 6) is 0.232. The minimum absolute atomic E-state index is 0.232. The van der Waals surface area contributed by atoms with Crippen molar-refractivity contribution < 1.29 is 4.79 Å². The highest BCUT2D eigenvalue weighted by Crippen LogP contribution is 2.10. The lowest BCUT2D eigenvalue weighted by atomic mass is 10.0. The van der Waals surface area contributed by atoms with Gasteiger partial charge in [0.2, 0.25) is 5.91 Å². The van der Waals surface area contributed by atoms with Crippen LogP contribution in [0.5, 0.6) is 0 Å². The van der Waals surface area contributed by atoms with Crippen LogP contribution in [-0.2, 0) is 4.79 Å². The summed E-state index contributed by atoms with van der Waals surface area (Å²) in [5.41, 5.74) is 5.53. The van der Waals surface area contributed by atoms with Crippen LogP contribution < -0.4 is 11.1 Å². The lowest BCUT2D eigenvalue weighted by Crippen LogP contribution is -2.45. The first-order valence-electron chi connectivity index (χ1n) is 6.98. The van der Waals surface area contributed by atoms with Gasteiger partial charge in [0.15, 0.2) is 0 Å². The summed E-state index contributed by atoms with van der Waals surface area (Å²) in [7, 11) is 0. The molecule has 1 amide bonds. The predicted octanol–water partition coefficient (Wildman–Crippen LogP) is 1.11. The number of rotatable bonds is 7. The fraction of sp³-hybridized carbons (Fsp3) is 0.923. The van der Waals surface area contributed by atoms with Crippen LogP contribution in [0.25, 0.3) is 0 Å². The maximum atomic E-state index is 11.6. The Morgan fingerprint density at radius 2 is 2.06 bits per heavy atom. The highest BCUT2D eigenvalue weighted by Gasteiger charge is 2.19. The van der Waals surface area contributed by atoms with E-state index < -0.39 is 0 Å². The van der Waals surface area contributed by atoms with Gasteiger partial charge in [-0.15, -0.1) is 0 Å². The molecule has 1 aliphatic rings. The summed E-state index contributed by atoms with van der Waals surface area (Å²) in [6.45, 7) is 6.00. The van der Waals surface area contributed by atoms with Crippen molar-refractivity contribution in [2.75, 3.05) is 26.2 Å². The van der Waals surface area contributed by atoms with Gasteiger partial charge in [-0.1, -0.05) is 19.8 Å². The SMILES string of the molecule is CCCCCC(=O)NC1CCN(CCN)CC1. The Kier molecular flexibility index (Phi) is 7.21. The van der Waals surface area contributed by atoms with E-state index >= 15 is 0 Å². The summed E-state index contributed by atoms with van der Waals surface area (Å²) in [4.78, 5) is 14.0. The number of likely N-dealkylation sites (tertiary alicyclic amines) is 1. The van der Waals surface area contributed by atoms with E-state index in [1.807, 2.05) is 0 Å². The number of carbonyl (C=O) groups is 1. The van der Waals surface area contributed by atoms with Crippen molar-refractivity contribution in [2.45, 2.75) is 51.5 Å². The third-order valence-corrected chi connectivity index (χ3v) is 3.41. The Balaban J connectivity index is 2.10. The van der Waals surface area contributed by atoms with E-state index in [-0.39, 0.29) is 5.91 Å². The molecule has 1 heterocycles. The lowest BCUT2D eigenvalue weighted by molar-refractivity contribution is -0.122. The van der Waals surface area contributed by atoms with Crippen molar-refractivity contribution in [3.63, 3.8) is 0 Å². The molecule has 100 valence electrons. The molecule has 17 heavy (non-hydrogen) atoms. The number of nitrogens with two attached hydrogens (primary N) is 1. The van der Waals surface area contributed by atoms with Crippen LogP contribution in [0.3, 0.4) is 0 Å². The third kappa shape index (κ3) is 6.03. The average molecular weight is 241 g/mol. The van der Waals surface area contributed by atoms with E-state index in [1.54, 1.807) is 0 Å². The van der Waals surface area contributed by atoms with Crippen LogP contribution in [0.4, 0.5) is 0 Å². The molecule has 3 N–H and O–H groups in total. The number of hydrogen-bond donors (Lipinski definition) is 2. The van der Waals surface area contributed by atoms with Gasteiger partial charge in [0.1, 0.15) is 0 Å². The van der Waals surface area contributed by atoms with Crippen LogP contribution in [0, 0.1) is 0 Å². The van der Waals surface area contributed by atoms with Crippen molar-refractivity contribution in [1.29, 1.82) is 0 Å². The number of unbranched alkanes of at least 4 members (excludes halogenated alkanes) is 2. The largest absolute Gasteiger partial charge is 0.353 e. The van der Waals surface area contributed by atoms with E-state index in [0.717, 1.165) is 51.9 Å². The van der Waals surface area contributed by atoms with Crippen molar-refractivity contribution in [3.8, 4) is 0 Å². The van der Waals surface area contributed by atoms with Crippen LogP contribution >= 0.6 is 0 Å². The Hall–Kier alpha value is -0.610. The zero-order chi connectivity index (χ0) is 12.5. The number of nitrogens with one attached hydrogen (secondary N) is 1. The van der Waals surface area contributed by atoms with Crippen LogP contribution in [-0.4, -0.2) is 43.0 Å². The van der Waals surface area contributed by atoms with Gasteiger partial charge in [0.05, 0.1) is 0 Å². The Bertz CT molecular complexity index is 213. The minimum Gasteiger partial charge on any atom is -0.353 e. The molecule has 1 aliphatic heterocycles. The van der Waals surface area contributed by atoms with Crippen molar-refractivity contribution in [3.05, 3.63) is 0 Å². The second kappa shape index (κ2) is 8.48. The maximum Gasteiger partial charge on any atom is 0.220 e. The molecule has 0 radical (unpaired) electrons. The van der Waals surface area contributed by atoms with Gasteiger partial charge in [-0.05, 0) is 19.3 Å². The maximum absolute atomic E-state index is 11.6. The molecule has 4 nitrogen and oxygen atoms in total. The van der Waals surface area contributed by atoms with E-state index in [9.17, 15) is 4.79 Å². The molecule has 0 aromatic heterocycles. The quantitative estimate of drug-likeness (QED) is 0.656. The number of hydrogen-bond acceptors (Lipinski definition) is 3. The zero-order valence-electron chi connectivity index (χ0n) is 11.1. The van der Waals surface area contributed by atoms with E-state index in [4.69, 9.17) is 5.73 Å². The number of piperidine rings is 1. The van der Waals surface area contributed by atoms with Gasteiger partial charge in [0, 0.05) is 38.6 Å². The molecule has 1 saturated heterocycles. The molecule has 0 aromatic rings. The van der Waals surface area contributed by atoms with Gasteiger partial charge in [-0.25, -0.2) is 0 Å². The fourth-order valence-corrected chi connectivity index (χ4v) is 2.32. The Morgan fingerprint density at radius 1 is 1.35 bits per heavy atom. The first-order chi connectivity index (χ1) is 8.26. The average Bonchev–Trinajstić information content (AvgIpc) is 2.32. The summed E-state index contributed by atoms with van der Waals surface area (Å²) in [6, 6.07) is 0.387. The Labute approximate surface area is 105 Å². The molecule has 4 heteroatoms. The van der Waals surface area contributed by atoms with E-state index in [1.165, 1.54) is 6.42 Å². The first-order valence-corrected chi connectivity index (χ1v) is 6.98. The normalized spacial score (nSPS) is 18.2. The topological polar surface area (TPSA) is 58.4 Å². The minimum atomic E-state index is 0.232.